The van der Waals surface area contributed by atoms with Crippen molar-refractivity contribution in [3.05, 3.63) is 0 Å². The third kappa shape index (κ3) is 2.21. The summed E-state index contributed by atoms with van der Waals surface area (Å²) in [6.07, 6.45) is 3.95. The van der Waals surface area contributed by atoms with Crippen molar-refractivity contribution in [1.29, 1.82) is 0 Å². The van der Waals surface area contributed by atoms with Gasteiger partial charge in [-0.25, -0.2) is 0 Å². The number of likely N-dealkylation sites (tertiary alicyclic amines) is 1. The summed E-state index contributed by atoms with van der Waals surface area (Å²) in [5.74, 6) is 0.925. The molecule has 0 aromatic rings. The zero-order valence-electron chi connectivity index (χ0n) is 7.71. The molecule has 0 unspecified atom stereocenters. The molecule has 0 amide bonds. The SMILES string of the molecule is CN1CC/C(=N/NCC2CC2)C1. The summed E-state index contributed by atoms with van der Waals surface area (Å²) in [6.45, 7) is 3.31. The summed E-state index contributed by atoms with van der Waals surface area (Å²) in [7, 11) is 2.14. The Kier molecular flexibility index (Phi) is 2.30. The number of hydrogen-bond acceptors (Lipinski definition) is 3. The van der Waals surface area contributed by atoms with Gasteiger partial charge in [-0.2, -0.15) is 5.10 Å². The smallest absolute Gasteiger partial charge is 0.0530 e. The molecule has 0 atom stereocenters. The number of nitrogens with one attached hydrogen (secondary N) is 1. The van der Waals surface area contributed by atoms with Crippen molar-refractivity contribution in [1.82, 2.24) is 10.3 Å². The number of hydrazone groups is 1. The van der Waals surface area contributed by atoms with Gasteiger partial charge in [0.25, 0.3) is 0 Å². The zero-order chi connectivity index (χ0) is 8.39. The Morgan fingerprint density at radius 2 is 2.42 bits per heavy atom. The van der Waals surface area contributed by atoms with E-state index in [-0.39, 0.29) is 0 Å². The van der Waals surface area contributed by atoms with E-state index in [2.05, 4.69) is 22.5 Å². The minimum Gasteiger partial charge on any atom is -0.310 e. The lowest BCUT2D eigenvalue weighted by molar-refractivity contribution is 0.428. The number of hydrogen-bond donors (Lipinski definition) is 1. The van der Waals surface area contributed by atoms with Crippen LogP contribution in [0.4, 0.5) is 0 Å². The summed E-state index contributed by atoms with van der Waals surface area (Å²) >= 11 is 0. The van der Waals surface area contributed by atoms with Gasteiger partial charge < -0.3 is 10.3 Å². The standard InChI is InChI=1S/C9H17N3/c1-12-5-4-9(7-12)11-10-6-8-2-3-8/h8,10H,2-7H2,1H3/b11-9-. The second kappa shape index (κ2) is 3.44. The van der Waals surface area contributed by atoms with Crippen LogP contribution in [0.2, 0.25) is 0 Å². The van der Waals surface area contributed by atoms with Crippen LogP contribution in [0, 0.1) is 5.92 Å². The minimum atomic E-state index is 0.925. The lowest BCUT2D eigenvalue weighted by Gasteiger charge is -2.02. The first-order valence-corrected chi connectivity index (χ1v) is 4.81. The molecule has 68 valence electrons. The maximum absolute atomic E-state index is 4.38. The van der Waals surface area contributed by atoms with Crippen molar-refractivity contribution in [2.45, 2.75) is 19.3 Å². The normalized spacial score (nSPS) is 28.2. The Balaban J connectivity index is 1.68. The second-order valence-electron chi connectivity index (χ2n) is 3.97. The van der Waals surface area contributed by atoms with Crippen molar-refractivity contribution >= 4 is 5.71 Å². The topological polar surface area (TPSA) is 27.6 Å². The van der Waals surface area contributed by atoms with Gasteiger partial charge >= 0.3 is 0 Å². The highest BCUT2D eigenvalue weighted by Crippen LogP contribution is 2.27. The summed E-state index contributed by atoms with van der Waals surface area (Å²) in [5, 5.41) is 4.38. The van der Waals surface area contributed by atoms with Gasteiger partial charge in [0.05, 0.1) is 5.71 Å². The van der Waals surface area contributed by atoms with Crippen LogP contribution in [0.1, 0.15) is 19.3 Å². The number of nitrogens with zero attached hydrogens (tertiary/aromatic N) is 2. The quantitative estimate of drug-likeness (QED) is 0.626. The predicted molar refractivity (Wildman–Crippen MR) is 50.3 cm³/mol. The molecule has 12 heavy (non-hydrogen) atoms. The average molecular weight is 167 g/mol. The van der Waals surface area contributed by atoms with Crippen molar-refractivity contribution in [3.63, 3.8) is 0 Å². The molecule has 1 heterocycles. The highest BCUT2D eigenvalue weighted by molar-refractivity contribution is 5.88. The highest BCUT2D eigenvalue weighted by atomic mass is 15.3. The van der Waals surface area contributed by atoms with Crippen LogP contribution in [0.5, 0.6) is 0 Å². The zero-order valence-corrected chi connectivity index (χ0v) is 7.71. The van der Waals surface area contributed by atoms with E-state index in [0.717, 1.165) is 25.4 Å². The van der Waals surface area contributed by atoms with Gasteiger partial charge in [-0.3, -0.25) is 0 Å². The van der Waals surface area contributed by atoms with Crippen molar-refractivity contribution < 1.29 is 0 Å². The van der Waals surface area contributed by atoms with E-state index in [1.165, 1.54) is 25.1 Å². The molecule has 0 bridgehead atoms. The Labute approximate surface area is 73.8 Å². The van der Waals surface area contributed by atoms with E-state index < -0.39 is 0 Å². The van der Waals surface area contributed by atoms with E-state index in [9.17, 15) is 0 Å². The van der Waals surface area contributed by atoms with Crippen molar-refractivity contribution in [3.8, 4) is 0 Å². The van der Waals surface area contributed by atoms with E-state index in [4.69, 9.17) is 0 Å². The van der Waals surface area contributed by atoms with Crippen LogP contribution in [-0.4, -0.2) is 37.3 Å². The fourth-order valence-electron chi connectivity index (χ4n) is 1.49. The molecular formula is C9H17N3. The van der Waals surface area contributed by atoms with Gasteiger partial charge in [0.1, 0.15) is 0 Å². The molecule has 3 heteroatoms. The van der Waals surface area contributed by atoms with Gasteiger partial charge in [0.15, 0.2) is 0 Å². The lowest BCUT2D eigenvalue weighted by Crippen LogP contribution is -2.17. The van der Waals surface area contributed by atoms with Crippen molar-refractivity contribution in [2.24, 2.45) is 11.0 Å². The molecule has 1 saturated heterocycles. The van der Waals surface area contributed by atoms with Crippen molar-refractivity contribution in [2.75, 3.05) is 26.7 Å². The minimum absolute atomic E-state index is 0.925. The Morgan fingerprint density at radius 3 is 3.00 bits per heavy atom. The van der Waals surface area contributed by atoms with Crippen LogP contribution >= 0.6 is 0 Å². The Hall–Kier alpha value is -0.570. The summed E-state index contributed by atoms with van der Waals surface area (Å²) < 4.78 is 0. The predicted octanol–water partition coefficient (Wildman–Crippen LogP) is 0.677. The maximum atomic E-state index is 4.38. The Morgan fingerprint density at radius 1 is 1.58 bits per heavy atom. The molecule has 0 radical (unpaired) electrons. The third-order valence-electron chi connectivity index (χ3n) is 2.55. The molecule has 1 N–H and O–H groups in total. The van der Waals surface area contributed by atoms with Crippen LogP contribution in [-0.2, 0) is 0 Å². The largest absolute Gasteiger partial charge is 0.310 e. The molecule has 3 nitrogen and oxygen atoms in total. The maximum Gasteiger partial charge on any atom is 0.0530 e. The molecule has 1 aliphatic heterocycles. The van der Waals surface area contributed by atoms with Crippen LogP contribution in [0.3, 0.4) is 0 Å². The van der Waals surface area contributed by atoms with E-state index in [0.29, 0.717) is 0 Å². The average Bonchev–Trinajstić information content (AvgIpc) is 2.76. The summed E-state index contributed by atoms with van der Waals surface area (Å²) in [6, 6.07) is 0. The van der Waals surface area contributed by atoms with E-state index >= 15 is 0 Å². The first-order chi connectivity index (χ1) is 5.84. The van der Waals surface area contributed by atoms with Gasteiger partial charge in [-0.05, 0) is 25.8 Å². The summed E-state index contributed by atoms with van der Waals surface area (Å²) in [4.78, 5) is 2.30. The molecule has 2 aliphatic rings. The van der Waals surface area contributed by atoms with Gasteiger partial charge in [0.2, 0.25) is 0 Å². The second-order valence-corrected chi connectivity index (χ2v) is 3.97. The fraction of sp³-hybridized carbons (Fsp3) is 0.889. The molecule has 2 rings (SSSR count). The van der Waals surface area contributed by atoms with Crippen LogP contribution in [0.15, 0.2) is 5.10 Å². The molecule has 2 fully saturated rings. The lowest BCUT2D eigenvalue weighted by atomic mass is 10.3. The molecule has 0 aromatic heterocycles. The monoisotopic (exact) mass is 167 g/mol. The first kappa shape index (κ1) is 8.05. The Bertz CT molecular complexity index is 184. The van der Waals surface area contributed by atoms with Gasteiger partial charge in [0, 0.05) is 26.1 Å². The molecule has 0 spiro atoms. The third-order valence-corrected chi connectivity index (χ3v) is 2.55. The highest BCUT2D eigenvalue weighted by Gasteiger charge is 2.20. The van der Waals surface area contributed by atoms with Gasteiger partial charge in [-0.15, -0.1) is 0 Å². The van der Waals surface area contributed by atoms with E-state index in [1.54, 1.807) is 0 Å². The molecule has 0 aromatic carbocycles. The first-order valence-electron chi connectivity index (χ1n) is 4.81. The molecular weight excluding hydrogens is 150 g/mol. The van der Waals surface area contributed by atoms with Crippen LogP contribution < -0.4 is 5.43 Å². The summed E-state index contributed by atoms with van der Waals surface area (Å²) in [5.41, 5.74) is 4.49. The molecule has 1 aliphatic carbocycles. The van der Waals surface area contributed by atoms with E-state index in [1.807, 2.05) is 0 Å². The number of rotatable bonds is 3. The van der Waals surface area contributed by atoms with Gasteiger partial charge in [-0.1, -0.05) is 0 Å². The molecule has 1 saturated carbocycles. The fourth-order valence-corrected chi connectivity index (χ4v) is 1.49. The van der Waals surface area contributed by atoms with Crippen LogP contribution in [0.25, 0.3) is 0 Å².